The summed E-state index contributed by atoms with van der Waals surface area (Å²) in [5, 5.41) is 8.30. The quantitative estimate of drug-likeness (QED) is 0.364. The van der Waals surface area contributed by atoms with E-state index in [0.29, 0.717) is 30.1 Å². The molecule has 0 amide bonds. The van der Waals surface area contributed by atoms with Crippen LogP contribution >= 0.6 is 0 Å². The number of benzene rings is 2. The lowest BCUT2D eigenvalue weighted by atomic mass is 10.1. The number of carbonyl (C=O) groups excluding carboxylic acids is 1. The van der Waals surface area contributed by atoms with Gasteiger partial charge >= 0.3 is 0 Å². The first-order chi connectivity index (χ1) is 16.1. The van der Waals surface area contributed by atoms with Crippen molar-refractivity contribution in [2.24, 2.45) is 0 Å². The SMILES string of the molecule is CCC(=O)c1ccc(OCCCCN2CCN(c3n[nH]c4cc(F)ccc34)CC2)c(OC)c1. The smallest absolute Gasteiger partial charge is 0.162 e. The summed E-state index contributed by atoms with van der Waals surface area (Å²) in [6.07, 6.45) is 2.45. The number of H-pyrrole nitrogens is 1. The molecular weight excluding hydrogens is 423 g/mol. The van der Waals surface area contributed by atoms with Crippen molar-refractivity contribution in [3.63, 3.8) is 0 Å². The van der Waals surface area contributed by atoms with E-state index in [-0.39, 0.29) is 11.6 Å². The van der Waals surface area contributed by atoms with E-state index in [9.17, 15) is 9.18 Å². The van der Waals surface area contributed by atoms with E-state index < -0.39 is 0 Å². The van der Waals surface area contributed by atoms with Crippen LogP contribution in [0, 0.1) is 5.82 Å². The Hall–Kier alpha value is -3.13. The van der Waals surface area contributed by atoms with Gasteiger partial charge in [-0.1, -0.05) is 6.92 Å². The number of fused-ring (bicyclic) bond motifs is 1. The number of anilines is 1. The molecule has 3 aromatic rings. The molecule has 1 aromatic heterocycles. The second kappa shape index (κ2) is 10.7. The molecule has 0 bridgehead atoms. The summed E-state index contributed by atoms with van der Waals surface area (Å²) >= 11 is 0. The number of aromatic amines is 1. The second-order valence-corrected chi connectivity index (χ2v) is 8.26. The number of Topliss-reactive ketones (excluding diaryl/α,β-unsaturated/α-hetero) is 1. The number of ketones is 1. The number of aromatic nitrogens is 2. The third-order valence-electron chi connectivity index (χ3n) is 6.11. The molecule has 176 valence electrons. The van der Waals surface area contributed by atoms with Crippen molar-refractivity contribution in [1.29, 1.82) is 0 Å². The second-order valence-electron chi connectivity index (χ2n) is 8.26. The predicted molar refractivity (Wildman–Crippen MR) is 127 cm³/mol. The van der Waals surface area contributed by atoms with Crippen molar-refractivity contribution in [2.75, 3.05) is 51.3 Å². The molecule has 8 heteroatoms. The first-order valence-corrected chi connectivity index (χ1v) is 11.5. The number of nitrogens with one attached hydrogen (secondary N) is 1. The molecule has 0 atom stereocenters. The van der Waals surface area contributed by atoms with Gasteiger partial charge in [0.05, 0.1) is 19.2 Å². The molecule has 1 aliphatic rings. The highest BCUT2D eigenvalue weighted by molar-refractivity contribution is 5.96. The highest BCUT2D eigenvalue weighted by atomic mass is 19.1. The molecule has 2 heterocycles. The molecule has 0 spiro atoms. The maximum absolute atomic E-state index is 13.4. The van der Waals surface area contributed by atoms with Crippen LogP contribution in [0.25, 0.3) is 10.9 Å². The Balaban J connectivity index is 1.19. The Morgan fingerprint density at radius 1 is 1.09 bits per heavy atom. The Morgan fingerprint density at radius 2 is 1.91 bits per heavy atom. The van der Waals surface area contributed by atoms with E-state index in [1.54, 1.807) is 25.3 Å². The van der Waals surface area contributed by atoms with Crippen LogP contribution in [0.15, 0.2) is 36.4 Å². The number of carbonyl (C=O) groups is 1. The zero-order chi connectivity index (χ0) is 23.2. The maximum Gasteiger partial charge on any atom is 0.162 e. The van der Waals surface area contributed by atoms with E-state index in [1.165, 1.54) is 12.1 Å². The van der Waals surface area contributed by atoms with Gasteiger partial charge in [0.15, 0.2) is 23.1 Å². The molecular formula is C25H31FN4O3. The van der Waals surface area contributed by atoms with Gasteiger partial charge in [-0.05, 0) is 55.8 Å². The number of piperazine rings is 1. The largest absolute Gasteiger partial charge is 0.493 e. The van der Waals surface area contributed by atoms with Crippen molar-refractivity contribution in [1.82, 2.24) is 15.1 Å². The third-order valence-corrected chi connectivity index (χ3v) is 6.11. The van der Waals surface area contributed by atoms with Gasteiger partial charge in [-0.2, -0.15) is 5.10 Å². The minimum Gasteiger partial charge on any atom is -0.493 e. The lowest BCUT2D eigenvalue weighted by Crippen LogP contribution is -2.46. The van der Waals surface area contributed by atoms with Gasteiger partial charge in [0.2, 0.25) is 0 Å². The summed E-state index contributed by atoms with van der Waals surface area (Å²) in [7, 11) is 1.59. The average Bonchev–Trinajstić information content (AvgIpc) is 3.26. The van der Waals surface area contributed by atoms with Crippen molar-refractivity contribution < 1.29 is 18.7 Å². The van der Waals surface area contributed by atoms with Crippen LogP contribution in [0.3, 0.4) is 0 Å². The standard InChI is InChI=1S/C25H31FN4O3/c1-3-22(31)18-6-9-23(24(16-18)32-2)33-15-5-4-10-29-11-13-30(14-12-29)25-20-8-7-19(26)17-21(20)27-28-25/h6-9,16-17H,3-5,10-15H2,1-2H3,(H,27,28). The fourth-order valence-electron chi connectivity index (χ4n) is 4.19. The van der Waals surface area contributed by atoms with Crippen LogP contribution in [0.2, 0.25) is 0 Å². The van der Waals surface area contributed by atoms with Gasteiger partial charge in [-0.25, -0.2) is 4.39 Å². The van der Waals surface area contributed by atoms with Crippen LogP contribution in [0.4, 0.5) is 10.2 Å². The molecule has 7 nitrogen and oxygen atoms in total. The van der Waals surface area contributed by atoms with Crippen LogP contribution < -0.4 is 14.4 Å². The first-order valence-electron chi connectivity index (χ1n) is 11.5. The minimum absolute atomic E-state index is 0.0920. The average molecular weight is 455 g/mol. The molecule has 1 aliphatic heterocycles. The summed E-state index contributed by atoms with van der Waals surface area (Å²) < 4.78 is 24.7. The van der Waals surface area contributed by atoms with Crippen molar-refractivity contribution in [2.45, 2.75) is 26.2 Å². The molecule has 1 N–H and O–H groups in total. The molecule has 0 unspecified atom stereocenters. The fraction of sp³-hybridized carbons (Fsp3) is 0.440. The van der Waals surface area contributed by atoms with E-state index in [2.05, 4.69) is 20.0 Å². The number of unbranched alkanes of at least 4 members (excludes halogenated alkanes) is 1. The highest BCUT2D eigenvalue weighted by Crippen LogP contribution is 2.29. The minimum atomic E-state index is -0.256. The predicted octanol–water partition coefficient (Wildman–Crippen LogP) is 4.28. The molecule has 0 aliphatic carbocycles. The van der Waals surface area contributed by atoms with Crippen LogP contribution in [-0.4, -0.2) is 67.3 Å². The van der Waals surface area contributed by atoms with E-state index >= 15 is 0 Å². The number of methoxy groups -OCH3 is 1. The Kier molecular flexibility index (Phi) is 7.44. The molecule has 4 rings (SSSR count). The Morgan fingerprint density at radius 3 is 2.67 bits per heavy atom. The molecule has 0 radical (unpaired) electrons. The lowest BCUT2D eigenvalue weighted by molar-refractivity contribution is 0.0987. The number of nitrogens with zero attached hydrogens (tertiary/aromatic N) is 3. The first kappa shape index (κ1) is 23.0. The summed E-state index contributed by atoms with van der Waals surface area (Å²) in [5.74, 6) is 2.01. The maximum atomic E-state index is 13.4. The van der Waals surface area contributed by atoms with Crippen molar-refractivity contribution in [3.8, 4) is 11.5 Å². The Bertz CT molecular complexity index is 1090. The summed E-state index contributed by atoms with van der Waals surface area (Å²) in [5.41, 5.74) is 1.38. The van der Waals surface area contributed by atoms with Gasteiger partial charge in [0.25, 0.3) is 0 Å². The number of hydrogen-bond acceptors (Lipinski definition) is 6. The molecule has 1 fully saturated rings. The zero-order valence-corrected chi connectivity index (χ0v) is 19.3. The van der Waals surface area contributed by atoms with Crippen LogP contribution in [-0.2, 0) is 0 Å². The van der Waals surface area contributed by atoms with Crippen LogP contribution in [0.1, 0.15) is 36.5 Å². The molecule has 2 aromatic carbocycles. The van der Waals surface area contributed by atoms with Gasteiger partial charge in [0.1, 0.15) is 5.82 Å². The summed E-state index contributed by atoms with van der Waals surface area (Å²) in [4.78, 5) is 16.6. The van der Waals surface area contributed by atoms with E-state index in [4.69, 9.17) is 9.47 Å². The van der Waals surface area contributed by atoms with Crippen LogP contribution in [0.5, 0.6) is 11.5 Å². The number of ether oxygens (including phenoxy) is 2. The summed E-state index contributed by atoms with van der Waals surface area (Å²) in [6, 6.07) is 10.1. The van der Waals surface area contributed by atoms with Crippen molar-refractivity contribution >= 4 is 22.5 Å². The molecule has 0 saturated carbocycles. The number of hydrogen-bond donors (Lipinski definition) is 1. The highest BCUT2D eigenvalue weighted by Gasteiger charge is 2.20. The van der Waals surface area contributed by atoms with Gasteiger partial charge in [0, 0.05) is 43.5 Å². The number of rotatable bonds is 10. The van der Waals surface area contributed by atoms with E-state index in [0.717, 1.165) is 62.3 Å². The van der Waals surface area contributed by atoms with Gasteiger partial charge in [-0.3, -0.25) is 14.8 Å². The Labute approximate surface area is 193 Å². The van der Waals surface area contributed by atoms with E-state index in [1.807, 2.05) is 13.0 Å². The zero-order valence-electron chi connectivity index (χ0n) is 19.3. The number of halogens is 1. The topological polar surface area (TPSA) is 70.7 Å². The normalized spacial score (nSPS) is 14.6. The monoisotopic (exact) mass is 454 g/mol. The van der Waals surface area contributed by atoms with Gasteiger partial charge < -0.3 is 14.4 Å². The fourth-order valence-corrected chi connectivity index (χ4v) is 4.19. The molecule has 33 heavy (non-hydrogen) atoms. The summed E-state index contributed by atoms with van der Waals surface area (Å²) in [6.45, 7) is 7.20. The third kappa shape index (κ3) is 5.45. The lowest BCUT2D eigenvalue weighted by Gasteiger charge is -2.35. The van der Waals surface area contributed by atoms with Crippen molar-refractivity contribution in [3.05, 3.63) is 47.8 Å². The molecule has 1 saturated heterocycles. The van der Waals surface area contributed by atoms with Gasteiger partial charge in [-0.15, -0.1) is 0 Å².